The van der Waals surface area contributed by atoms with Crippen LogP contribution in [0, 0.1) is 35.5 Å². The first-order valence-corrected chi connectivity index (χ1v) is 4.60. The molecule has 0 aliphatic heterocycles. The minimum absolute atomic E-state index is 0.369. The fourth-order valence-corrected chi connectivity index (χ4v) is 4.00. The van der Waals surface area contributed by atoms with E-state index in [1.807, 2.05) is 0 Å². The summed E-state index contributed by atoms with van der Waals surface area (Å²) in [6.45, 7) is 0. The molecule has 4 aliphatic rings. The zero-order valence-corrected chi connectivity index (χ0v) is 6.23. The predicted molar refractivity (Wildman–Crippen MR) is 39.7 cm³/mol. The third kappa shape index (κ3) is 0.350. The molecule has 0 heterocycles. The van der Waals surface area contributed by atoms with Crippen molar-refractivity contribution in [1.82, 2.24) is 0 Å². The molecule has 3 fully saturated rings. The monoisotopic (exact) mass is 146 g/mol. The number of rotatable bonds is 0. The van der Waals surface area contributed by atoms with Gasteiger partial charge in [0.15, 0.2) is 0 Å². The Bertz CT molecular complexity index is 291. The maximum absolute atomic E-state index is 11.6. The fourth-order valence-electron chi connectivity index (χ4n) is 4.00. The van der Waals surface area contributed by atoms with Crippen LogP contribution in [0.3, 0.4) is 0 Å². The quantitative estimate of drug-likeness (QED) is 0.470. The van der Waals surface area contributed by atoms with Gasteiger partial charge < -0.3 is 0 Å². The first-order chi connectivity index (χ1) is 5.38. The van der Waals surface area contributed by atoms with Gasteiger partial charge in [0.25, 0.3) is 0 Å². The average molecular weight is 146 g/mol. The van der Waals surface area contributed by atoms with Crippen molar-refractivity contribution in [2.45, 2.75) is 6.42 Å². The molecule has 3 saturated carbocycles. The maximum atomic E-state index is 11.6. The third-order valence-corrected chi connectivity index (χ3v) is 4.35. The second kappa shape index (κ2) is 1.21. The van der Waals surface area contributed by atoms with Gasteiger partial charge in [-0.3, -0.25) is 4.79 Å². The Kier molecular flexibility index (Phi) is 0.566. The lowest BCUT2D eigenvalue weighted by Crippen LogP contribution is -2.23. The Morgan fingerprint density at radius 3 is 3.09 bits per heavy atom. The highest BCUT2D eigenvalue weighted by Gasteiger charge is 2.72. The Morgan fingerprint density at radius 2 is 2.18 bits per heavy atom. The summed E-state index contributed by atoms with van der Waals surface area (Å²) in [7, 11) is 0. The molecule has 56 valence electrons. The molecule has 4 rings (SSSR count). The molecule has 0 aromatic heterocycles. The SMILES string of the molecule is O=C1C2C=CC3CC4C2C4C13. The molecule has 0 aromatic rings. The lowest BCUT2D eigenvalue weighted by molar-refractivity contribution is -0.124. The van der Waals surface area contributed by atoms with Gasteiger partial charge in [0.2, 0.25) is 0 Å². The van der Waals surface area contributed by atoms with Crippen molar-refractivity contribution in [1.29, 1.82) is 0 Å². The van der Waals surface area contributed by atoms with E-state index in [-0.39, 0.29) is 0 Å². The summed E-state index contributed by atoms with van der Waals surface area (Å²) < 4.78 is 0. The standard InChI is InChI=1S/C10H10O/c11-10-5-2-1-4-3-6-8(5)9(6)7(4)10/h1-2,4-9H,3H2. The molecule has 2 bridgehead atoms. The Morgan fingerprint density at radius 1 is 1.27 bits per heavy atom. The number of Topliss-reactive ketones (excluding diaryl/α,β-unsaturated/α-hetero) is 1. The van der Waals surface area contributed by atoms with Gasteiger partial charge in [-0.05, 0) is 30.1 Å². The van der Waals surface area contributed by atoms with Crippen molar-refractivity contribution < 1.29 is 4.79 Å². The van der Waals surface area contributed by atoms with Crippen LogP contribution in [-0.2, 0) is 4.79 Å². The molecule has 0 N–H and O–H groups in total. The average Bonchev–Trinajstić information content (AvgIpc) is 2.54. The van der Waals surface area contributed by atoms with Crippen LogP contribution in [0.25, 0.3) is 0 Å². The number of hydrogen-bond donors (Lipinski definition) is 0. The summed E-state index contributed by atoms with van der Waals surface area (Å²) >= 11 is 0. The molecule has 0 saturated heterocycles. The van der Waals surface area contributed by atoms with Crippen molar-refractivity contribution in [3.63, 3.8) is 0 Å². The first-order valence-electron chi connectivity index (χ1n) is 4.60. The van der Waals surface area contributed by atoms with E-state index in [2.05, 4.69) is 12.2 Å². The normalized spacial score (nSPS) is 67.5. The highest BCUT2D eigenvalue weighted by atomic mass is 16.1. The van der Waals surface area contributed by atoms with Crippen LogP contribution in [0.2, 0.25) is 0 Å². The lowest BCUT2D eigenvalue weighted by Gasteiger charge is -2.17. The fraction of sp³-hybridized carbons (Fsp3) is 0.700. The molecule has 4 aliphatic carbocycles. The number of carbonyl (C=O) groups excluding carboxylic acids is 1. The van der Waals surface area contributed by atoms with Gasteiger partial charge in [0, 0.05) is 11.8 Å². The third-order valence-electron chi connectivity index (χ3n) is 4.35. The van der Waals surface area contributed by atoms with E-state index in [9.17, 15) is 4.79 Å². The van der Waals surface area contributed by atoms with Crippen LogP contribution in [0.5, 0.6) is 0 Å². The van der Waals surface area contributed by atoms with Crippen LogP contribution in [0.4, 0.5) is 0 Å². The largest absolute Gasteiger partial charge is 0.299 e. The van der Waals surface area contributed by atoms with Crippen molar-refractivity contribution in [3.8, 4) is 0 Å². The van der Waals surface area contributed by atoms with E-state index >= 15 is 0 Å². The van der Waals surface area contributed by atoms with Crippen molar-refractivity contribution in [3.05, 3.63) is 12.2 Å². The minimum Gasteiger partial charge on any atom is -0.299 e. The lowest BCUT2D eigenvalue weighted by atomic mass is 9.85. The summed E-state index contributed by atoms with van der Waals surface area (Å²) in [5.74, 6) is 4.71. The van der Waals surface area contributed by atoms with Gasteiger partial charge in [-0.2, -0.15) is 0 Å². The number of hydrogen-bond acceptors (Lipinski definition) is 1. The highest BCUT2D eigenvalue weighted by molar-refractivity contribution is 5.92. The molecule has 0 spiro atoms. The number of ketones is 1. The second-order valence-corrected chi connectivity index (χ2v) is 4.56. The van der Waals surface area contributed by atoms with E-state index in [1.54, 1.807) is 0 Å². The van der Waals surface area contributed by atoms with Crippen LogP contribution in [0.15, 0.2) is 12.2 Å². The molecule has 11 heavy (non-hydrogen) atoms. The van der Waals surface area contributed by atoms with Gasteiger partial charge in [0.1, 0.15) is 5.78 Å². The summed E-state index contributed by atoms with van der Waals surface area (Å²) in [6, 6.07) is 0. The van der Waals surface area contributed by atoms with Crippen molar-refractivity contribution in [2.24, 2.45) is 35.5 Å². The van der Waals surface area contributed by atoms with E-state index in [1.165, 1.54) is 6.42 Å². The van der Waals surface area contributed by atoms with Gasteiger partial charge in [-0.1, -0.05) is 12.2 Å². The van der Waals surface area contributed by atoms with Gasteiger partial charge >= 0.3 is 0 Å². The van der Waals surface area contributed by atoms with Crippen LogP contribution < -0.4 is 0 Å². The summed E-state index contributed by atoms with van der Waals surface area (Å²) in [5, 5.41) is 0. The van der Waals surface area contributed by atoms with E-state index in [4.69, 9.17) is 0 Å². The van der Waals surface area contributed by atoms with Gasteiger partial charge in [0.05, 0.1) is 0 Å². The smallest absolute Gasteiger partial charge is 0.143 e. The van der Waals surface area contributed by atoms with Crippen molar-refractivity contribution >= 4 is 5.78 Å². The highest BCUT2D eigenvalue weighted by Crippen LogP contribution is 2.73. The zero-order valence-electron chi connectivity index (χ0n) is 6.23. The number of fused-ring (bicyclic) bond motifs is 3. The molecular formula is C10H10O. The molecule has 0 aromatic carbocycles. The molecule has 6 unspecified atom stereocenters. The molecule has 1 nitrogen and oxygen atoms in total. The number of carbonyl (C=O) groups is 1. The molecule has 1 heteroatoms. The minimum atomic E-state index is 0.369. The second-order valence-electron chi connectivity index (χ2n) is 4.56. The molecular weight excluding hydrogens is 136 g/mol. The van der Waals surface area contributed by atoms with E-state index in [0.29, 0.717) is 23.5 Å². The summed E-state index contributed by atoms with van der Waals surface area (Å²) in [4.78, 5) is 11.6. The van der Waals surface area contributed by atoms with E-state index in [0.717, 1.165) is 17.8 Å². The Hall–Kier alpha value is -0.590. The van der Waals surface area contributed by atoms with Crippen molar-refractivity contribution in [2.75, 3.05) is 0 Å². The van der Waals surface area contributed by atoms with Crippen LogP contribution >= 0.6 is 0 Å². The molecule has 0 radical (unpaired) electrons. The van der Waals surface area contributed by atoms with Crippen LogP contribution in [-0.4, -0.2) is 5.78 Å². The van der Waals surface area contributed by atoms with E-state index < -0.39 is 0 Å². The Labute approximate surface area is 65.5 Å². The summed E-state index contributed by atoms with van der Waals surface area (Å²) in [6.07, 6.45) is 5.84. The zero-order chi connectivity index (χ0) is 7.16. The van der Waals surface area contributed by atoms with Crippen LogP contribution in [0.1, 0.15) is 6.42 Å². The Balaban J connectivity index is 2.02. The topological polar surface area (TPSA) is 17.1 Å². The maximum Gasteiger partial charge on any atom is 0.143 e. The summed E-state index contributed by atoms with van der Waals surface area (Å²) in [5.41, 5.74) is 0. The molecule has 6 atom stereocenters. The van der Waals surface area contributed by atoms with Gasteiger partial charge in [-0.15, -0.1) is 0 Å². The first kappa shape index (κ1) is 5.13. The predicted octanol–water partition coefficient (Wildman–Crippen LogP) is 1.25. The number of allylic oxidation sites excluding steroid dienone is 2. The van der Waals surface area contributed by atoms with Gasteiger partial charge in [-0.25, -0.2) is 0 Å². The molecule has 0 amide bonds.